The summed E-state index contributed by atoms with van der Waals surface area (Å²) in [6.07, 6.45) is 2.24. The molecule has 0 amide bonds. The Bertz CT molecular complexity index is 553. The molecular weight excluding hydrogens is 262 g/mol. The summed E-state index contributed by atoms with van der Waals surface area (Å²) in [4.78, 5) is 10.6. The molecule has 108 valence electrons. The molecule has 1 saturated carbocycles. The van der Waals surface area contributed by atoms with Crippen LogP contribution in [0.2, 0.25) is 0 Å². The number of benzene rings is 1. The summed E-state index contributed by atoms with van der Waals surface area (Å²) in [6.45, 7) is 2.00. The maximum Gasteiger partial charge on any atom is 0.313 e. The summed E-state index contributed by atoms with van der Waals surface area (Å²) in [5.74, 6) is 0.422. The fraction of sp³-hybridized carbons (Fsp3) is 0.462. The number of nitro groups is 1. The molecule has 0 unspecified atom stereocenters. The highest BCUT2D eigenvalue weighted by atomic mass is 16.6. The summed E-state index contributed by atoms with van der Waals surface area (Å²) < 4.78 is 5.62. The monoisotopic (exact) mass is 279 g/mol. The first kappa shape index (κ1) is 14.1. The van der Waals surface area contributed by atoms with Crippen molar-refractivity contribution >= 4 is 11.5 Å². The van der Waals surface area contributed by atoms with Gasteiger partial charge in [-0.25, -0.2) is 0 Å². The Hall–Kier alpha value is -2.31. The molecule has 1 aliphatic rings. The number of nitrogens with zero attached hydrogens (tertiary/aromatic N) is 2. The third kappa shape index (κ3) is 2.98. The zero-order chi connectivity index (χ0) is 14.8. The van der Waals surface area contributed by atoms with Crippen LogP contribution in [0.5, 0.6) is 5.75 Å². The number of aryl methyl sites for hydroxylation is 1. The first-order valence-electron chi connectivity index (χ1n) is 6.31. The minimum Gasteiger partial charge on any atom is -0.486 e. The standard InChI is InChI=1S/C13H17N3O4/c1-9-3-2-4-10(12(9)16(18)19)20-8-13(5-6-13)7-11(14)15-17/h2-4,17H,5-8H2,1H3,(H2,14,15). The van der Waals surface area contributed by atoms with Crippen LogP contribution in [-0.2, 0) is 0 Å². The van der Waals surface area contributed by atoms with Gasteiger partial charge in [-0.1, -0.05) is 17.3 Å². The highest BCUT2D eigenvalue weighted by Crippen LogP contribution is 2.49. The van der Waals surface area contributed by atoms with Crippen molar-refractivity contribution in [1.29, 1.82) is 0 Å². The largest absolute Gasteiger partial charge is 0.486 e. The van der Waals surface area contributed by atoms with Gasteiger partial charge < -0.3 is 15.7 Å². The van der Waals surface area contributed by atoms with Gasteiger partial charge in [0.25, 0.3) is 0 Å². The smallest absolute Gasteiger partial charge is 0.313 e. The van der Waals surface area contributed by atoms with Crippen molar-refractivity contribution < 1.29 is 14.9 Å². The molecule has 0 aliphatic heterocycles. The predicted molar refractivity (Wildman–Crippen MR) is 73.0 cm³/mol. The Morgan fingerprint density at radius 2 is 2.30 bits per heavy atom. The minimum atomic E-state index is -0.437. The number of ether oxygens (including phenoxy) is 1. The highest BCUT2D eigenvalue weighted by molar-refractivity contribution is 5.80. The zero-order valence-corrected chi connectivity index (χ0v) is 11.2. The normalized spacial score (nSPS) is 16.8. The lowest BCUT2D eigenvalue weighted by Crippen LogP contribution is -2.22. The van der Waals surface area contributed by atoms with Gasteiger partial charge in [0.2, 0.25) is 0 Å². The minimum absolute atomic E-state index is 0.00732. The summed E-state index contributed by atoms with van der Waals surface area (Å²) in [6, 6.07) is 4.99. The lowest BCUT2D eigenvalue weighted by atomic mass is 10.0. The van der Waals surface area contributed by atoms with E-state index in [4.69, 9.17) is 15.7 Å². The molecule has 3 N–H and O–H groups in total. The van der Waals surface area contributed by atoms with Crippen molar-refractivity contribution in [3.8, 4) is 5.75 Å². The molecule has 20 heavy (non-hydrogen) atoms. The molecule has 1 aliphatic carbocycles. The van der Waals surface area contributed by atoms with Gasteiger partial charge in [0.1, 0.15) is 5.84 Å². The van der Waals surface area contributed by atoms with Crippen molar-refractivity contribution in [2.24, 2.45) is 16.3 Å². The summed E-state index contributed by atoms with van der Waals surface area (Å²) in [5.41, 5.74) is 5.90. The van der Waals surface area contributed by atoms with Crippen molar-refractivity contribution in [2.45, 2.75) is 26.2 Å². The number of nitrogens with two attached hydrogens (primary N) is 1. The molecule has 2 rings (SSSR count). The lowest BCUT2D eigenvalue weighted by Gasteiger charge is -2.15. The summed E-state index contributed by atoms with van der Waals surface area (Å²) >= 11 is 0. The fourth-order valence-electron chi connectivity index (χ4n) is 2.18. The molecule has 7 nitrogen and oxygen atoms in total. The maximum absolute atomic E-state index is 11.1. The Balaban J connectivity index is 2.09. The second-order valence-corrected chi connectivity index (χ2v) is 5.24. The van der Waals surface area contributed by atoms with Crippen LogP contribution in [0.15, 0.2) is 23.4 Å². The lowest BCUT2D eigenvalue weighted by molar-refractivity contribution is -0.386. The average molecular weight is 279 g/mol. The van der Waals surface area contributed by atoms with Crippen LogP contribution in [0, 0.1) is 22.5 Å². The van der Waals surface area contributed by atoms with Crippen molar-refractivity contribution in [3.63, 3.8) is 0 Å². The highest BCUT2D eigenvalue weighted by Gasteiger charge is 2.44. The molecule has 0 bridgehead atoms. The van der Waals surface area contributed by atoms with Crippen LogP contribution in [0.1, 0.15) is 24.8 Å². The molecule has 0 aromatic heterocycles. The van der Waals surface area contributed by atoms with E-state index in [0.717, 1.165) is 12.8 Å². The molecule has 0 atom stereocenters. The molecule has 7 heteroatoms. The number of para-hydroxylation sites is 1. The third-order valence-electron chi connectivity index (χ3n) is 3.56. The number of nitro benzene ring substituents is 1. The number of hydrogen-bond acceptors (Lipinski definition) is 5. The number of hydrogen-bond donors (Lipinski definition) is 2. The van der Waals surface area contributed by atoms with E-state index in [2.05, 4.69) is 5.16 Å². The van der Waals surface area contributed by atoms with Crippen LogP contribution < -0.4 is 10.5 Å². The topological polar surface area (TPSA) is 111 Å². The van der Waals surface area contributed by atoms with Gasteiger partial charge in [-0.15, -0.1) is 0 Å². The average Bonchev–Trinajstić information content (AvgIpc) is 3.16. The first-order chi connectivity index (χ1) is 9.47. The van der Waals surface area contributed by atoms with Gasteiger partial charge in [-0.2, -0.15) is 0 Å². The van der Waals surface area contributed by atoms with Gasteiger partial charge in [-0.3, -0.25) is 10.1 Å². The van der Waals surface area contributed by atoms with Crippen LogP contribution in [0.3, 0.4) is 0 Å². The molecule has 1 aromatic rings. The van der Waals surface area contributed by atoms with Crippen LogP contribution in [0.4, 0.5) is 5.69 Å². The first-order valence-corrected chi connectivity index (χ1v) is 6.31. The SMILES string of the molecule is Cc1cccc(OCC2(CC(N)=NO)CC2)c1[N+](=O)[O-]. The number of rotatable bonds is 6. The molecule has 0 radical (unpaired) electrons. The molecule has 0 saturated heterocycles. The second-order valence-electron chi connectivity index (χ2n) is 5.24. The fourth-order valence-corrected chi connectivity index (χ4v) is 2.18. The summed E-state index contributed by atoms with van der Waals surface area (Å²) in [5, 5.41) is 22.6. The van der Waals surface area contributed by atoms with E-state index in [9.17, 15) is 10.1 Å². The predicted octanol–water partition coefficient (Wildman–Crippen LogP) is 2.20. The zero-order valence-electron chi connectivity index (χ0n) is 11.2. The van der Waals surface area contributed by atoms with E-state index in [1.165, 1.54) is 0 Å². The Kier molecular flexibility index (Phi) is 3.78. The van der Waals surface area contributed by atoms with Crippen molar-refractivity contribution in [1.82, 2.24) is 0 Å². The van der Waals surface area contributed by atoms with Gasteiger partial charge in [0.15, 0.2) is 5.75 Å². The second kappa shape index (κ2) is 5.36. The quantitative estimate of drug-likeness (QED) is 0.272. The Morgan fingerprint density at radius 1 is 1.60 bits per heavy atom. The van der Waals surface area contributed by atoms with Gasteiger partial charge in [-0.05, 0) is 25.8 Å². The van der Waals surface area contributed by atoms with Gasteiger partial charge >= 0.3 is 5.69 Å². The summed E-state index contributed by atoms with van der Waals surface area (Å²) in [7, 11) is 0. The van der Waals surface area contributed by atoms with Crippen molar-refractivity contribution in [2.75, 3.05) is 6.61 Å². The third-order valence-corrected chi connectivity index (χ3v) is 3.56. The Labute approximate surface area is 116 Å². The van der Waals surface area contributed by atoms with E-state index >= 15 is 0 Å². The molecule has 0 heterocycles. The molecular formula is C13H17N3O4. The van der Waals surface area contributed by atoms with E-state index in [-0.39, 0.29) is 22.7 Å². The van der Waals surface area contributed by atoms with Crippen LogP contribution in [0.25, 0.3) is 0 Å². The number of amidine groups is 1. The van der Waals surface area contributed by atoms with E-state index in [1.54, 1.807) is 25.1 Å². The van der Waals surface area contributed by atoms with Gasteiger partial charge in [0.05, 0.1) is 11.5 Å². The molecule has 1 aromatic carbocycles. The molecule has 1 fully saturated rings. The van der Waals surface area contributed by atoms with Crippen LogP contribution >= 0.6 is 0 Å². The van der Waals surface area contributed by atoms with E-state index < -0.39 is 4.92 Å². The Morgan fingerprint density at radius 3 is 2.85 bits per heavy atom. The van der Waals surface area contributed by atoms with Crippen LogP contribution in [-0.4, -0.2) is 22.6 Å². The maximum atomic E-state index is 11.1. The number of oxime groups is 1. The molecule has 0 spiro atoms. The van der Waals surface area contributed by atoms with E-state index in [1.807, 2.05) is 0 Å². The van der Waals surface area contributed by atoms with Crippen molar-refractivity contribution in [3.05, 3.63) is 33.9 Å². The van der Waals surface area contributed by atoms with Gasteiger partial charge in [0, 0.05) is 17.4 Å². The van der Waals surface area contributed by atoms with E-state index in [0.29, 0.717) is 18.6 Å².